The Bertz CT molecular complexity index is 1460. The lowest BCUT2D eigenvalue weighted by Crippen LogP contribution is -2.14. The molecule has 3 aromatic carbocycles. The topological polar surface area (TPSA) is 75.6 Å². The molecule has 5 aromatic rings. The standard InChI is InChI=1S/C25H20ClN5OS2/c1-33-19-6-4-5-17(13-19)28-23(32)15-34-25-30-29-24(31(25)18-11-9-16(26)10-12-18)21-14-27-22-8-3-2-7-20(21)22/h2-14,27H,15H2,1H3,(H,28,32). The molecule has 2 aromatic heterocycles. The minimum atomic E-state index is -0.109. The minimum absolute atomic E-state index is 0.109. The number of benzene rings is 3. The number of rotatable bonds is 7. The fourth-order valence-electron chi connectivity index (χ4n) is 3.65. The molecule has 0 atom stereocenters. The van der Waals surface area contributed by atoms with Crippen LogP contribution in [0.2, 0.25) is 5.02 Å². The van der Waals surface area contributed by atoms with Crippen molar-refractivity contribution in [3.05, 3.63) is 84.0 Å². The molecular formula is C25H20ClN5OS2. The molecule has 0 saturated heterocycles. The number of fused-ring (bicyclic) bond motifs is 1. The van der Waals surface area contributed by atoms with Gasteiger partial charge in [-0.05, 0) is 54.8 Å². The first kappa shape index (κ1) is 22.6. The molecule has 9 heteroatoms. The average molecular weight is 506 g/mol. The van der Waals surface area contributed by atoms with Gasteiger partial charge in [0.1, 0.15) is 0 Å². The van der Waals surface area contributed by atoms with E-state index >= 15 is 0 Å². The summed E-state index contributed by atoms with van der Waals surface area (Å²) < 4.78 is 1.96. The van der Waals surface area contributed by atoms with Gasteiger partial charge in [-0.3, -0.25) is 9.36 Å². The summed E-state index contributed by atoms with van der Waals surface area (Å²) in [5.41, 5.74) is 3.59. The smallest absolute Gasteiger partial charge is 0.234 e. The van der Waals surface area contributed by atoms with E-state index in [9.17, 15) is 4.79 Å². The van der Waals surface area contributed by atoms with E-state index in [2.05, 4.69) is 20.5 Å². The number of H-pyrrole nitrogens is 1. The summed E-state index contributed by atoms with van der Waals surface area (Å²) in [5, 5.41) is 14.2. The van der Waals surface area contributed by atoms with E-state index in [0.717, 1.165) is 32.7 Å². The predicted molar refractivity (Wildman–Crippen MR) is 141 cm³/mol. The zero-order valence-electron chi connectivity index (χ0n) is 18.2. The maximum Gasteiger partial charge on any atom is 0.234 e. The number of thioether (sulfide) groups is 2. The predicted octanol–water partition coefficient (Wildman–Crippen LogP) is 6.52. The molecule has 6 nitrogen and oxygen atoms in total. The molecule has 0 radical (unpaired) electrons. The molecule has 0 saturated carbocycles. The fraction of sp³-hybridized carbons (Fsp3) is 0.0800. The normalized spacial score (nSPS) is 11.1. The lowest BCUT2D eigenvalue weighted by molar-refractivity contribution is -0.113. The number of para-hydroxylation sites is 1. The second kappa shape index (κ2) is 9.97. The van der Waals surface area contributed by atoms with Gasteiger partial charge in [-0.2, -0.15) is 0 Å². The summed E-state index contributed by atoms with van der Waals surface area (Å²) in [6, 6.07) is 23.3. The number of hydrogen-bond acceptors (Lipinski definition) is 5. The van der Waals surface area contributed by atoms with Crippen LogP contribution in [0.4, 0.5) is 5.69 Å². The van der Waals surface area contributed by atoms with Crippen LogP contribution in [0.3, 0.4) is 0 Å². The molecule has 34 heavy (non-hydrogen) atoms. The van der Waals surface area contributed by atoms with Crippen molar-refractivity contribution in [3.63, 3.8) is 0 Å². The molecule has 1 amide bonds. The molecule has 170 valence electrons. The van der Waals surface area contributed by atoms with Crippen LogP contribution in [-0.4, -0.2) is 37.7 Å². The number of nitrogens with one attached hydrogen (secondary N) is 2. The quantitative estimate of drug-likeness (QED) is 0.246. The van der Waals surface area contributed by atoms with Crippen LogP contribution in [0.1, 0.15) is 0 Å². The van der Waals surface area contributed by atoms with Crippen LogP contribution in [0.25, 0.3) is 28.0 Å². The van der Waals surface area contributed by atoms with Crippen LogP contribution in [0.5, 0.6) is 0 Å². The van der Waals surface area contributed by atoms with Gasteiger partial charge in [-0.25, -0.2) is 0 Å². The van der Waals surface area contributed by atoms with Gasteiger partial charge < -0.3 is 10.3 Å². The third-order valence-electron chi connectivity index (χ3n) is 5.23. The van der Waals surface area contributed by atoms with Crippen molar-refractivity contribution >= 4 is 57.6 Å². The summed E-state index contributed by atoms with van der Waals surface area (Å²) in [7, 11) is 0. The molecule has 0 aliphatic carbocycles. The molecule has 0 bridgehead atoms. The molecule has 0 aliphatic rings. The lowest BCUT2D eigenvalue weighted by atomic mass is 10.1. The first-order valence-corrected chi connectivity index (χ1v) is 13.1. The van der Waals surface area contributed by atoms with Gasteiger partial charge in [0.05, 0.1) is 5.75 Å². The van der Waals surface area contributed by atoms with E-state index in [0.29, 0.717) is 16.0 Å². The highest BCUT2D eigenvalue weighted by Gasteiger charge is 2.19. The third kappa shape index (κ3) is 4.70. The third-order valence-corrected chi connectivity index (χ3v) is 7.14. The van der Waals surface area contributed by atoms with Crippen molar-refractivity contribution < 1.29 is 4.79 Å². The van der Waals surface area contributed by atoms with Crippen LogP contribution in [0, 0.1) is 0 Å². The highest BCUT2D eigenvalue weighted by molar-refractivity contribution is 7.99. The number of amides is 1. The van der Waals surface area contributed by atoms with Crippen LogP contribution in [-0.2, 0) is 4.79 Å². The van der Waals surface area contributed by atoms with Gasteiger partial charge in [0.25, 0.3) is 0 Å². The van der Waals surface area contributed by atoms with Gasteiger partial charge >= 0.3 is 0 Å². The Labute approximate surface area is 210 Å². The Kier molecular flexibility index (Phi) is 6.62. The largest absolute Gasteiger partial charge is 0.360 e. The summed E-state index contributed by atoms with van der Waals surface area (Å²) in [6.45, 7) is 0. The van der Waals surface area contributed by atoms with E-state index < -0.39 is 0 Å². The molecule has 0 aliphatic heterocycles. The SMILES string of the molecule is CSc1cccc(NC(=O)CSc2nnc(-c3c[nH]c4ccccc34)n2-c2ccc(Cl)cc2)c1. The molecule has 0 unspecified atom stereocenters. The van der Waals surface area contributed by atoms with E-state index in [4.69, 9.17) is 11.6 Å². The Hall–Kier alpha value is -3.20. The van der Waals surface area contributed by atoms with Crippen molar-refractivity contribution in [1.82, 2.24) is 19.7 Å². The second-order valence-electron chi connectivity index (χ2n) is 7.43. The number of hydrogen-bond donors (Lipinski definition) is 2. The Morgan fingerprint density at radius 1 is 1.06 bits per heavy atom. The van der Waals surface area contributed by atoms with Crippen molar-refractivity contribution in [2.24, 2.45) is 0 Å². The number of anilines is 1. The second-order valence-corrected chi connectivity index (χ2v) is 9.69. The van der Waals surface area contributed by atoms with Crippen molar-refractivity contribution in [2.45, 2.75) is 10.1 Å². The van der Waals surface area contributed by atoms with Crippen LogP contribution in [0.15, 0.2) is 89.0 Å². The first-order valence-electron chi connectivity index (χ1n) is 10.5. The minimum Gasteiger partial charge on any atom is -0.360 e. The van der Waals surface area contributed by atoms with Gasteiger partial charge in [0, 0.05) is 44.0 Å². The molecule has 5 rings (SSSR count). The first-order chi connectivity index (χ1) is 16.6. The van der Waals surface area contributed by atoms with Crippen molar-refractivity contribution in [2.75, 3.05) is 17.3 Å². The summed E-state index contributed by atoms with van der Waals surface area (Å²) in [4.78, 5) is 17.1. The van der Waals surface area contributed by atoms with Crippen molar-refractivity contribution in [3.8, 4) is 17.1 Å². The molecule has 0 spiro atoms. The maximum absolute atomic E-state index is 12.7. The monoisotopic (exact) mass is 505 g/mol. The van der Waals surface area contributed by atoms with Gasteiger partial charge in [-0.1, -0.05) is 47.6 Å². The fourth-order valence-corrected chi connectivity index (χ4v) is 4.98. The van der Waals surface area contributed by atoms with Crippen LogP contribution >= 0.6 is 35.1 Å². The highest BCUT2D eigenvalue weighted by Crippen LogP contribution is 2.32. The Morgan fingerprint density at radius 2 is 1.88 bits per heavy atom. The lowest BCUT2D eigenvalue weighted by Gasteiger charge is -2.10. The summed E-state index contributed by atoms with van der Waals surface area (Å²) in [6.07, 6.45) is 3.94. The van der Waals surface area contributed by atoms with Gasteiger partial charge in [0.15, 0.2) is 11.0 Å². The zero-order valence-corrected chi connectivity index (χ0v) is 20.5. The maximum atomic E-state index is 12.7. The number of halogens is 1. The number of carbonyl (C=O) groups excluding carboxylic acids is 1. The van der Waals surface area contributed by atoms with E-state index in [1.165, 1.54) is 11.8 Å². The average Bonchev–Trinajstić information content (AvgIpc) is 3.47. The van der Waals surface area contributed by atoms with E-state index in [-0.39, 0.29) is 11.7 Å². The van der Waals surface area contributed by atoms with Gasteiger partial charge in [-0.15, -0.1) is 22.0 Å². The highest BCUT2D eigenvalue weighted by atomic mass is 35.5. The summed E-state index contributed by atoms with van der Waals surface area (Å²) in [5.74, 6) is 0.779. The summed E-state index contributed by atoms with van der Waals surface area (Å²) >= 11 is 9.10. The Morgan fingerprint density at radius 3 is 2.71 bits per heavy atom. The van der Waals surface area contributed by atoms with E-state index in [1.54, 1.807) is 11.8 Å². The molecule has 2 heterocycles. The van der Waals surface area contributed by atoms with E-state index in [1.807, 2.05) is 89.8 Å². The zero-order chi connectivity index (χ0) is 23.5. The van der Waals surface area contributed by atoms with Crippen LogP contribution < -0.4 is 5.32 Å². The Balaban J connectivity index is 1.45. The molecule has 0 fully saturated rings. The number of carbonyl (C=O) groups is 1. The van der Waals surface area contributed by atoms with Crippen molar-refractivity contribution in [1.29, 1.82) is 0 Å². The molecule has 2 N–H and O–H groups in total. The van der Waals surface area contributed by atoms with Gasteiger partial charge in [0.2, 0.25) is 5.91 Å². The molecular weight excluding hydrogens is 486 g/mol. The number of nitrogens with zero attached hydrogens (tertiary/aromatic N) is 3. The number of aromatic nitrogens is 4. The number of aromatic amines is 1.